The molecule has 0 saturated heterocycles. The van der Waals surface area contributed by atoms with Gasteiger partial charge in [-0.1, -0.05) is 32.9 Å². The number of ether oxygens (including phenoxy) is 2. The number of fused-ring (bicyclic) bond motifs is 4. The van der Waals surface area contributed by atoms with Crippen LogP contribution >= 0.6 is 0 Å². The van der Waals surface area contributed by atoms with E-state index in [1.54, 1.807) is 0 Å². The number of nitrogens with zero attached hydrogens (tertiary/aromatic N) is 1. The van der Waals surface area contributed by atoms with Crippen LogP contribution in [0.3, 0.4) is 0 Å². The van der Waals surface area contributed by atoms with E-state index in [2.05, 4.69) is 31.1 Å². The molecule has 0 unspecified atom stereocenters. The summed E-state index contributed by atoms with van der Waals surface area (Å²) in [6.45, 7) is 13.5. The van der Waals surface area contributed by atoms with Gasteiger partial charge >= 0.3 is 0 Å². The summed E-state index contributed by atoms with van der Waals surface area (Å²) in [5.41, 5.74) is 5.35. The van der Waals surface area contributed by atoms with Gasteiger partial charge in [-0.2, -0.15) is 0 Å². The number of aromatic nitrogens is 1. The average Bonchev–Trinajstić information content (AvgIpc) is 2.54. The normalized spacial score (nSPS) is 14.3. The van der Waals surface area contributed by atoms with Crippen molar-refractivity contribution in [2.75, 3.05) is 6.79 Å². The van der Waals surface area contributed by atoms with Crippen LogP contribution in [0.15, 0.2) is 30.5 Å². The molecule has 1 amide bonds. The molecule has 0 aromatic heterocycles. The van der Waals surface area contributed by atoms with Crippen molar-refractivity contribution in [1.82, 2.24) is 10.3 Å². The second-order valence-electron chi connectivity index (χ2n) is 8.97. The quantitative estimate of drug-likeness (QED) is 0.690. The van der Waals surface area contributed by atoms with Gasteiger partial charge in [0.25, 0.3) is 5.91 Å². The van der Waals surface area contributed by atoms with Crippen molar-refractivity contribution in [1.29, 1.82) is 0 Å². The monoisotopic (exact) mass is 368 g/mol. The van der Waals surface area contributed by atoms with Gasteiger partial charge in [0, 0.05) is 28.4 Å². The van der Waals surface area contributed by atoms with Gasteiger partial charge < -0.3 is 14.8 Å². The van der Waals surface area contributed by atoms with E-state index in [0.717, 1.165) is 11.4 Å². The van der Waals surface area contributed by atoms with Crippen molar-refractivity contribution >= 4 is 5.91 Å². The van der Waals surface area contributed by atoms with Crippen LogP contribution in [0.4, 0.5) is 0 Å². The molecule has 0 bridgehead atoms. The minimum absolute atomic E-state index is 0.0158. The first-order chi connectivity index (χ1) is 12.6. The van der Waals surface area contributed by atoms with Crippen LogP contribution in [0.5, 0.6) is 5.75 Å². The van der Waals surface area contributed by atoms with Gasteiger partial charge in [0.05, 0.1) is 6.61 Å². The summed E-state index contributed by atoms with van der Waals surface area (Å²) in [5, 5.41) is 2.95. The Morgan fingerprint density at radius 3 is 2.22 bits per heavy atom. The Bertz CT molecular complexity index is 813. The molecule has 2 aliphatic heterocycles. The third kappa shape index (κ3) is 4.30. The first-order valence-electron chi connectivity index (χ1n) is 9.22. The molecule has 0 spiro atoms. The Labute approximate surface area is 161 Å². The molecule has 1 aromatic carbocycles. The van der Waals surface area contributed by atoms with E-state index in [-0.39, 0.29) is 16.9 Å². The Hall–Kier alpha value is -2.40. The van der Waals surface area contributed by atoms with Crippen molar-refractivity contribution in [3.8, 4) is 17.0 Å². The molecule has 4 rings (SSSR count). The highest BCUT2D eigenvalue weighted by Crippen LogP contribution is 2.48. The van der Waals surface area contributed by atoms with Crippen molar-refractivity contribution in [2.24, 2.45) is 0 Å². The lowest BCUT2D eigenvalue weighted by Crippen LogP contribution is -2.40. The standard InChI is InChI=1S/C15H23NO.C7H5NO2/c1-14(2,3)12-9-7-11(8-10-12)13(17)16-15(4,5)6;1-4-5-2-9-3-10-7(5)6(4)8-1/h7-10H,1-6H3,(H,16,17);1H,2-3H2. The van der Waals surface area contributed by atoms with E-state index in [1.807, 2.05) is 51.2 Å². The summed E-state index contributed by atoms with van der Waals surface area (Å²) in [6.07, 6.45) is 1.85. The predicted octanol–water partition coefficient (Wildman–Crippen LogP) is 4.44. The topological polar surface area (TPSA) is 60.5 Å². The molecule has 0 saturated carbocycles. The van der Waals surface area contributed by atoms with Crippen molar-refractivity contribution < 1.29 is 14.3 Å². The van der Waals surface area contributed by atoms with Crippen LogP contribution < -0.4 is 10.1 Å². The Morgan fingerprint density at radius 1 is 1.07 bits per heavy atom. The smallest absolute Gasteiger partial charge is 0.251 e. The number of amides is 1. The molecular weight excluding hydrogens is 340 g/mol. The Balaban J connectivity index is 0.000000174. The van der Waals surface area contributed by atoms with Gasteiger partial charge in [-0.05, 0) is 43.9 Å². The van der Waals surface area contributed by atoms with E-state index in [4.69, 9.17) is 9.47 Å². The van der Waals surface area contributed by atoms with Crippen LogP contribution in [0.1, 0.15) is 63.0 Å². The number of benzene rings is 1. The van der Waals surface area contributed by atoms with Crippen molar-refractivity contribution in [3.63, 3.8) is 0 Å². The molecule has 0 radical (unpaired) electrons. The number of hydrogen-bond donors (Lipinski definition) is 1. The molecule has 5 nitrogen and oxygen atoms in total. The van der Waals surface area contributed by atoms with Gasteiger partial charge in [-0.25, -0.2) is 0 Å². The minimum atomic E-state index is -0.195. The molecule has 1 aliphatic carbocycles. The second-order valence-corrected chi connectivity index (χ2v) is 8.97. The summed E-state index contributed by atoms with van der Waals surface area (Å²) in [7, 11) is 0. The van der Waals surface area contributed by atoms with Gasteiger partial charge in [0.15, 0.2) is 12.5 Å². The van der Waals surface area contributed by atoms with E-state index in [9.17, 15) is 4.79 Å². The SMILES string of the molecule is CC(C)(C)NC(=O)c1ccc(C(C)(C)C)cc1.c1nc2c3c(c1-2)COCO3. The third-order valence-corrected chi connectivity index (χ3v) is 4.43. The highest BCUT2D eigenvalue weighted by atomic mass is 16.7. The zero-order valence-electron chi connectivity index (χ0n) is 17.0. The first kappa shape index (κ1) is 19.4. The minimum Gasteiger partial charge on any atom is -0.465 e. The maximum absolute atomic E-state index is 11.9. The van der Waals surface area contributed by atoms with E-state index in [1.165, 1.54) is 16.7 Å². The predicted molar refractivity (Wildman–Crippen MR) is 106 cm³/mol. The van der Waals surface area contributed by atoms with Crippen molar-refractivity contribution in [3.05, 3.63) is 47.2 Å². The molecule has 0 fully saturated rings. The number of carbonyl (C=O) groups is 1. The summed E-state index contributed by atoms with van der Waals surface area (Å²) in [4.78, 5) is 15.9. The van der Waals surface area contributed by atoms with E-state index >= 15 is 0 Å². The average molecular weight is 368 g/mol. The molecule has 0 atom stereocenters. The van der Waals surface area contributed by atoms with Gasteiger partial charge in [-0.3, -0.25) is 9.78 Å². The van der Waals surface area contributed by atoms with E-state index in [0.29, 0.717) is 19.0 Å². The molecule has 1 aromatic rings. The maximum Gasteiger partial charge on any atom is 0.251 e. The van der Waals surface area contributed by atoms with Crippen LogP contribution in [0.25, 0.3) is 11.3 Å². The lowest BCUT2D eigenvalue weighted by Gasteiger charge is -2.29. The highest BCUT2D eigenvalue weighted by Gasteiger charge is 2.31. The molecule has 1 N–H and O–H groups in total. The molecule has 144 valence electrons. The van der Waals surface area contributed by atoms with Gasteiger partial charge in [0.1, 0.15) is 5.69 Å². The van der Waals surface area contributed by atoms with Crippen LogP contribution in [0, 0.1) is 0 Å². The molecular formula is C22H28N2O3. The number of carbonyl (C=O) groups excluding carboxylic acids is 1. The highest BCUT2D eigenvalue weighted by molar-refractivity contribution is 5.94. The van der Waals surface area contributed by atoms with Crippen molar-refractivity contribution in [2.45, 2.75) is 59.1 Å². The fourth-order valence-corrected chi connectivity index (χ4v) is 2.88. The summed E-state index contributed by atoms with van der Waals surface area (Å²) in [6, 6.07) is 7.83. The summed E-state index contributed by atoms with van der Waals surface area (Å²) < 4.78 is 10.3. The zero-order valence-corrected chi connectivity index (χ0v) is 17.0. The summed E-state index contributed by atoms with van der Waals surface area (Å²) >= 11 is 0. The largest absolute Gasteiger partial charge is 0.465 e. The van der Waals surface area contributed by atoms with Gasteiger partial charge in [0.2, 0.25) is 0 Å². The van der Waals surface area contributed by atoms with Gasteiger partial charge in [-0.15, -0.1) is 0 Å². The summed E-state index contributed by atoms with van der Waals surface area (Å²) in [5.74, 6) is 0.946. The number of hydrogen-bond acceptors (Lipinski definition) is 4. The number of rotatable bonds is 1. The first-order valence-corrected chi connectivity index (χ1v) is 9.22. The maximum atomic E-state index is 11.9. The lowest BCUT2D eigenvalue weighted by molar-refractivity contribution is -0.0184. The fourth-order valence-electron chi connectivity index (χ4n) is 2.88. The number of nitrogens with one attached hydrogen (secondary N) is 1. The fraction of sp³-hybridized carbons (Fsp3) is 0.455. The number of pyridine rings is 1. The zero-order chi connectivity index (χ0) is 19.8. The molecule has 3 aliphatic rings. The molecule has 27 heavy (non-hydrogen) atoms. The Morgan fingerprint density at radius 2 is 1.74 bits per heavy atom. The third-order valence-electron chi connectivity index (χ3n) is 4.43. The molecule has 2 heterocycles. The van der Waals surface area contributed by atoms with Crippen LogP contribution in [0.2, 0.25) is 0 Å². The van der Waals surface area contributed by atoms with E-state index < -0.39 is 0 Å². The van der Waals surface area contributed by atoms with Crippen LogP contribution in [-0.2, 0) is 16.8 Å². The second kappa shape index (κ2) is 6.97. The van der Waals surface area contributed by atoms with Crippen LogP contribution in [-0.4, -0.2) is 23.2 Å². The Kier molecular flexibility index (Phi) is 5.00. The molecule has 5 heteroatoms. The lowest BCUT2D eigenvalue weighted by atomic mass is 9.86.